The largest absolute Gasteiger partial charge is 0.484 e. The molecule has 0 bridgehead atoms. The van der Waals surface area contributed by atoms with Crippen LogP contribution < -0.4 is 10.1 Å². The summed E-state index contributed by atoms with van der Waals surface area (Å²) in [6.07, 6.45) is 3.75. The molecular formula is C23H20N4O3. The Bertz CT molecular complexity index is 1120. The molecule has 7 heteroatoms. The highest BCUT2D eigenvalue weighted by atomic mass is 16.5. The van der Waals surface area contributed by atoms with E-state index in [1.54, 1.807) is 12.4 Å². The number of ether oxygens (including phenoxy) is 1. The zero-order valence-electron chi connectivity index (χ0n) is 16.4. The smallest absolute Gasteiger partial charge is 0.262 e. The highest BCUT2D eigenvalue weighted by Crippen LogP contribution is 2.21. The van der Waals surface area contributed by atoms with Gasteiger partial charge >= 0.3 is 0 Å². The van der Waals surface area contributed by atoms with E-state index in [0.717, 1.165) is 16.7 Å². The van der Waals surface area contributed by atoms with Gasteiger partial charge in [0.1, 0.15) is 5.75 Å². The van der Waals surface area contributed by atoms with Crippen LogP contribution in [0.2, 0.25) is 0 Å². The number of carbonyl (C=O) groups is 1. The van der Waals surface area contributed by atoms with Gasteiger partial charge in [0.2, 0.25) is 11.7 Å². The molecule has 1 N–H and O–H groups in total. The molecular weight excluding hydrogens is 380 g/mol. The van der Waals surface area contributed by atoms with Gasteiger partial charge in [-0.15, -0.1) is 0 Å². The van der Waals surface area contributed by atoms with Crippen LogP contribution in [-0.2, 0) is 11.2 Å². The Morgan fingerprint density at radius 3 is 2.60 bits per heavy atom. The predicted molar refractivity (Wildman–Crippen MR) is 112 cm³/mol. The molecule has 0 unspecified atom stereocenters. The average Bonchev–Trinajstić information content (AvgIpc) is 3.24. The monoisotopic (exact) mass is 400 g/mol. The van der Waals surface area contributed by atoms with Gasteiger partial charge < -0.3 is 14.6 Å². The molecule has 30 heavy (non-hydrogen) atoms. The lowest BCUT2D eigenvalue weighted by Crippen LogP contribution is -2.21. The van der Waals surface area contributed by atoms with Crippen LogP contribution in [0.25, 0.3) is 11.4 Å². The second kappa shape index (κ2) is 9.00. The summed E-state index contributed by atoms with van der Waals surface area (Å²) in [5.41, 5.74) is 3.51. The fraction of sp³-hybridized carbons (Fsp3) is 0.130. The quantitative estimate of drug-likeness (QED) is 0.503. The second-order valence-electron chi connectivity index (χ2n) is 6.73. The van der Waals surface area contributed by atoms with Crippen molar-refractivity contribution in [2.75, 3.05) is 11.9 Å². The number of carbonyl (C=O) groups excluding carboxylic acids is 1. The molecule has 0 saturated heterocycles. The molecule has 4 aromatic rings. The van der Waals surface area contributed by atoms with E-state index in [2.05, 4.69) is 20.4 Å². The number of aryl methyl sites for hydroxylation is 1. The lowest BCUT2D eigenvalue weighted by atomic mass is 10.1. The van der Waals surface area contributed by atoms with Crippen LogP contribution in [0.15, 0.2) is 77.6 Å². The molecule has 0 fully saturated rings. The zero-order chi connectivity index (χ0) is 20.8. The topological polar surface area (TPSA) is 90.1 Å². The van der Waals surface area contributed by atoms with E-state index in [4.69, 9.17) is 9.26 Å². The minimum absolute atomic E-state index is 0.0792. The first-order valence-corrected chi connectivity index (χ1v) is 9.47. The number of benzene rings is 2. The van der Waals surface area contributed by atoms with E-state index < -0.39 is 0 Å². The standard InChI is InChI=1S/C23H20N4O3/c1-16-6-8-19(9-7-16)29-15-21(28)25-20-5-3-2-4-18(20)14-22-26-23(27-30-22)17-10-12-24-13-11-17/h2-13H,14-15H2,1H3,(H,25,28). The number of nitrogens with one attached hydrogen (secondary N) is 1. The van der Waals surface area contributed by atoms with Gasteiger partial charge in [0, 0.05) is 23.6 Å². The van der Waals surface area contributed by atoms with Gasteiger partial charge in [-0.25, -0.2) is 0 Å². The third-order valence-corrected chi connectivity index (χ3v) is 4.43. The summed E-state index contributed by atoms with van der Waals surface area (Å²) < 4.78 is 10.9. The van der Waals surface area contributed by atoms with E-state index in [9.17, 15) is 4.79 Å². The van der Waals surface area contributed by atoms with E-state index in [1.165, 1.54) is 0 Å². The number of rotatable bonds is 7. The first-order chi connectivity index (χ1) is 14.7. The van der Waals surface area contributed by atoms with E-state index in [-0.39, 0.29) is 12.5 Å². The highest BCUT2D eigenvalue weighted by Gasteiger charge is 2.13. The SMILES string of the molecule is Cc1ccc(OCC(=O)Nc2ccccc2Cc2nc(-c3ccncc3)no2)cc1. The minimum Gasteiger partial charge on any atom is -0.484 e. The van der Waals surface area contributed by atoms with Crippen molar-refractivity contribution >= 4 is 11.6 Å². The van der Waals surface area contributed by atoms with Gasteiger partial charge in [-0.3, -0.25) is 9.78 Å². The molecule has 2 aromatic carbocycles. The summed E-state index contributed by atoms with van der Waals surface area (Å²) in [6, 6.07) is 18.7. The fourth-order valence-corrected chi connectivity index (χ4v) is 2.87. The number of para-hydroxylation sites is 1. The maximum Gasteiger partial charge on any atom is 0.262 e. The van der Waals surface area contributed by atoms with Crippen LogP contribution in [0.3, 0.4) is 0 Å². The maximum absolute atomic E-state index is 12.4. The molecule has 0 atom stereocenters. The number of aromatic nitrogens is 3. The Balaban J connectivity index is 1.40. The van der Waals surface area contributed by atoms with E-state index in [1.807, 2.05) is 67.6 Å². The maximum atomic E-state index is 12.4. The molecule has 2 heterocycles. The number of nitrogens with zero attached hydrogens (tertiary/aromatic N) is 3. The van der Waals surface area contributed by atoms with Gasteiger partial charge in [-0.2, -0.15) is 4.98 Å². The van der Waals surface area contributed by atoms with E-state index >= 15 is 0 Å². The van der Waals surface area contributed by atoms with Crippen LogP contribution in [0.5, 0.6) is 5.75 Å². The molecule has 1 amide bonds. The van der Waals surface area contributed by atoms with Crippen molar-refractivity contribution in [3.8, 4) is 17.1 Å². The molecule has 4 rings (SSSR count). The molecule has 0 aliphatic carbocycles. The molecule has 0 spiro atoms. The summed E-state index contributed by atoms with van der Waals surface area (Å²) in [5.74, 6) is 1.37. The molecule has 0 aliphatic rings. The lowest BCUT2D eigenvalue weighted by molar-refractivity contribution is -0.118. The van der Waals surface area contributed by atoms with Crippen molar-refractivity contribution in [2.24, 2.45) is 0 Å². The number of hydrogen-bond acceptors (Lipinski definition) is 6. The fourth-order valence-electron chi connectivity index (χ4n) is 2.87. The predicted octanol–water partition coefficient (Wildman–Crippen LogP) is 4.05. The Hall–Kier alpha value is -4.00. The van der Waals surface area contributed by atoms with Crippen LogP contribution in [0.4, 0.5) is 5.69 Å². The van der Waals surface area contributed by atoms with Gasteiger partial charge in [-0.1, -0.05) is 41.1 Å². The van der Waals surface area contributed by atoms with Gasteiger partial charge in [0.25, 0.3) is 5.91 Å². The summed E-state index contributed by atoms with van der Waals surface area (Å²) in [4.78, 5) is 20.8. The summed E-state index contributed by atoms with van der Waals surface area (Å²) in [6.45, 7) is 1.92. The normalized spacial score (nSPS) is 10.6. The number of hydrogen-bond donors (Lipinski definition) is 1. The zero-order valence-corrected chi connectivity index (χ0v) is 16.4. The van der Waals surface area contributed by atoms with Crippen molar-refractivity contribution in [3.05, 3.63) is 90.1 Å². The van der Waals surface area contributed by atoms with Crippen LogP contribution >= 0.6 is 0 Å². The number of pyridine rings is 1. The Kier molecular flexibility index (Phi) is 5.80. The number of amides is 1. The molecule has 7 nitrogen and oxygen atoms in total. The van der Waals surface area contributed by atoms with Gasteiger partial charge in [0.15, 0.2) is 6.61 Å². The van der Waals surface area contributed by atoms with Crippen molar-refractivity contribution < 1.29 is 14.1 Å². The molecule has 0 saturated carbocycles. The molecule has 2 aromatic heterocycles. The molecule has 0 aliphatic heterocycles. The van der Waals surface area contributed by atoms with Crippen molar-refractivity contribution in [3.63, 3.8) is 0 Å². The lowest BCUT2D eigenvalue weighted by Gasteiger charge is -2.11. The highest BCUT2D eigenvalue weighted by molar-refractivity contribution is 5.92. The minimum atomic E-state index is -0.244. The summed E-state index contributed by atoms with van der Waals surface area (Å²) in [5, 5.41) is 6.91. The van der Waals surface area contributed by atoms with Crippen LogP contribution in [0, 0.1) is 6.92 Å². The first kappa shape index (κ1) is 19.3. The van der Waals surface area contributed by atoms with Crippen molar-refractivity contribution in [1.82, 2.24) is 15.1 Å². The van der Waals surface area contributed by atoms with Crippen LogP contribution in [0.1, 0.15) is 17.0 Å². The third-order valence-electron chi connectivity index (χ3n) is 4.43. The summed E-state index contributed by atoms with van der Waals surface area (Å²) >= 11 is 0. The Labute approximate surface area is 173 Å². The average molecular weight is 400 g/mol. The number of anilines is 1. The summed E-state index contributed by atoms with van der Waals surface area (Å²) in [7, 11) is 0. The second-order valence-corrected chi connectivity index (χ2v) is 6.73. The third kappa shape index (κ3) is 4.88. The van der Waals surface area contributed by atoms with Gasteiger partial charge in [0.05, 0.1) is 6.42 Å². The van der Waals surface area contributed by atoms with Crippen LogP contribution in [-0.4, -0.2) is 27.6 Å². The van der Waals surface area contributed by atoms with Crippen molar-refractivity contribution in [2.45, 2.75) is 13.3 Å². The van der Waals surface area contributed by atoms with E-state index in [0.29, 0.717) is 29.6 Å². The Morgan fingerprint density at radius 1 is 1.03 bits per heavy atom. The molecule has 0 radical (unpaired) electrons. The van der Waals surface area contributed by atoms with Gasteiger partial charge in [-0.05, 0) is 42.8 Å². The Morgan fingerprint density at radius 2 is 1.80 bits per heavy atom. The first-order valence-electron chi connectivity index (χ1n) is 9.47. The molecule has 150 valence electrons. The van der Waals surface area contributed by atoms with Crippen molar-refractivity contribution in [1.29, 1.82) is 0 Å².